The summed E-state index contributed by atoms with van der Waals surface area (Å²) in [5.41, 5.74) is 2.92. The maximum Gasteiger partial charge on any atom is 0.240 e. The molecule has 156 valence electrons. The first kappa shape index (κ1) is 21.5. The van der Waals surface area contributed by atoms with E-state index in [4.69, 9.17) is 0 Å². The van der Waals surface area contributed by atoms with Crippen LogP contribution in [0.25, 0.3) is 0 Å². The van der Waals surface area contributed by atoms with Crippen molar-refractivity contribution in [2.24, 2.45) is 0 Å². The van der Waals surface area contributed by atoms with Crippen molar-refractivity contribution in [3.05, 3.63) is 90.5 Å². The van der Waals surface area contributed by atoms with Crippen LogP contribution in [0.4, 0.5) is 11.4 Å². The molecule has 7 heteroatoms. The van der Waals surface area contributed by atoms with E-state index in [1.165, 1.54) is 17.7 Å². The molecule has 0 atom stereocenters. The van der Waals surface area contributed by atoms with E-state index in [9.17, 15) is 13.2 Å². The highest BCUT2D eigenvalue weighted by Crippen LogP contribution is 2.19. The summed E-state index contributed by atoms with van der Waals surface area (Å²) < 4.78 is 26.8. The van der Waals surface area contributed by atoms with Crippen LogP contribution < -0.4 is 14.9 Å². The number of amides is 1. The minimum absolute atomic E-state index is 0.0287. The van der Waals surface area contributed by atoms with Crippen molar-refractivity contribution >= 4 is 27.3 Å². The largest absolute Gasteiger partial charge is 0.370 e. The molecule has 0 aromatic heterocycles. The van der Waals surface area contributed by atoms with Crippen molar-refractivity contribution in [2.45, 2.75) is 17.9 Å². The number of anilines is 2. The third-order valence-corrected chi connectivity index (χ3v) is 6.03. The number of nitrogens with one attached hydrogen (secondary N) is 2. The number of rotatable bonds is 9. The highest BCUT2D eigenvalue weighted by atomic mass is 32.2. The zero-order valence-electron chi connectivity index (χ0n) is 16.8. The lowest BCUT2D eigenvalue weighted by Crippen LogP contribution is -2.27. The predicted molar refractivity (Wildman–Crippen MR) is 120 cm³/mol. The quantitative estimate of drug-likeness (QED) is 0.551. The van der Waals surface area contributed by atoms with Crippen LogP contribution in [0.5, 0.6) is 0 Å². The van der Waals surface area contributed by atoms with E-state index in [0.29, 0.717) is 5.69 Å². The van der Waals surface area contributed by atoms with Crippen LogP contribution >= 0.6 is 0 Å². The summed E-state index contributed by atoms with van der Waals surface area (Å²) in [6.45, 7) is 0.815. The van der Waals surface area contributed by atoms with Crippen LogP contribution in [0.15, 0.2) is 89.8 Å². The lowest BCUT2D eigenvalue weighted by molar-refractivity contribution is -0.116. The lowest BCUT2D eigenvalue weighted by atomic mass is 10.2. The van der Waals surface area contributed by atoms with Gasteiger partial charge in [0.25, 0.3) is 0 Å². The summed E-state index contributed by atoms with van der Waals surface area (Å²) in [6, 6.07) is 25.8. The van der Waals surface area contributed by atoms with Crippen LogP contribution in [0.1, 0.15) is 12.0 Å². The van der Waals surface area contributed by atoms with E-state index in [1.54, 1.807) is 18.2 Å². The van der Waals surface area contributed by atoms with Crippen LogP contribution in [0.2, 0.25) is 0 Å². The number of nitrogens with zero attached hydrogens (tertiary/aromatic N) is 1. The monoisotopic (exact) mass is 423 g/mol. The third kappa shape index (κ3) is 6.17. The second-order valence-corrected chi connectivity index (χ2v) is 8.66. The number of hydrogen-bond acceptors (Lipinski definition) is 4. The Morgan fingerprint density at radius 2 is 1.47 bits per heavy atom. The van der Waals surface area contributed by atoms with Crippen LogP contribution in [0.3, 0.4) is 0 Å². The van der Waals surface area contributed by atoms with E-state index >= 15 is 0 Å². The Balaban J connectivity index is 1.47. The Morgan fingerprint density at radius 1 is 0.867 bits per heavy atom. The maximum atomic E-state index is 12.2. The topological polar surface area (TPSA) is 78.5 Å². The molecule has 30 heavy (non-hydrogen) atoms. The predicted octanol–water partition coefficient (Wildman–Crippen LogP) is 3.63. The van der Waals surface area contributed by atoms with E-state index in [2.05, 4.69) is 27.1 Å². The van der Waals surface area contributed by atoms with Crippen molar-refractivity contribution in [3.8, 4) is 0 Å². The minimum atomic E-state index is -3.61. The first-order valence-electron chi connectivity index (χ1n) is 9.64. The van der Waals surface area contributed by atoms with Gasteiger partial charge in [-0.1, -0.05) is 48.5 Å². The lowest BCUT2D eigenvalue weighted by Gasteiger charge is -2.19. The highest BCUT2D eigenvalue weighted by molar-refractivity contribution is 7.89. The molecule has 0 bridgehead atoms. The molecular formula is C23H25N3O3S. The van der Waals surface area contributed by atoms with Gasteiger partial charge in [-0.3, -0.25) is 4.79 Å². The number of carbonyl (C=O) groups excluding carboxylic acids is 1. The molecular weight excluding hydrogens is 398 g/mol. The molecule has 2 N–H and O–H groups in total. The molecule has 0 unspecified atom stereocenters. The SMILES string of the molecule is CN(Cc1ccccc1)c1ccc(NC(=O)CCNS(=O)(=O)c2ccccc2)cc1. The third-order valence-electron chi connectivity index (χ3n) is 4.55. The normalized spacial score (nSPS) is 11.1. The molecule has 0 heterocycles. The Bertz CT molecular complexity index is 1050. The van der Waals surface area contributed by atoms with Gasteiger partial charge >= 0.3 is 0 Å². The van der Waals surface area contributed by atoms with E-state index in [-0.39, 0.29) is 23.8 Å². The summed E-state index contributed by atoms with van der Waals surface area (Å²) >= 11 is 0. The van der Waals surface area contributed by atoms with E-state index < -0.39 is 10.0 Å². The van der Waals surface area contributed by atoms with Crippen molar-refractivity contribution < 1.29 is 13.2 Å². The van der Waals surface area contributed by atoms with Crippen molar-refractivity contribution in [2.75, 3.05) is 23.8 Å². The Labute approximate surface area is 177 Å². The molecule has 3 rings (SSSR count). The number of sulfonamides is 1. The fourth-order valence-electron chi connectivity index (χ4n) is 2.95. The molecule has 0 aliphatic heterocycles. The molecule has 0 saturated carbocycles. The molecule has 3 aromatic rings. The number of hydrogen-bond donors (Lipinski definition) is 2. The molecule has 0 aliphatic carbocycles. The van der Waals surface area contributed by atoms with Gasteiger partial charge in [0, 0.05) is 37.9 Å². The Hall–Kier alpha value is -3.16. The maximum absolute atomic E-state index is 12.2. The zero-order valence-corrected chi connectivity index (χ0v) is 17.6. The van der Waals surface area contributed by atoms with Crippen molar-refractivity contribution in [1.82, 2.24) is 4.72 Å². The van der Waals surface area contributed by atoms with Gasteiger partial charge in [-0.05, 0) is 42.0 Å². The summed E-state index contributed by atoms with van der Waals surface area (Å²) in [5.74, 6) is -0.254. The standard InChI is InChI=1S/C23H25N3O3S/c1-26(18-19-8-4-2-5-9-19)21-14-12-20(13-15-21)25-23(27)16-17-24-30(28,29)22-10-6-3-7-11-22/h2-15,24H,16-18H2,1H3,(H,25,27). The van der Waals surface area contributed by atoms with Crippen LogP contribution in [-0.4, -0.2) is 27.9 Å². The first-order chi connectivity index (χ1) is 14.4. The fraction of sp³-hybridized carbons (Fsp3) is 0.174. The van der Waals surface area contributed by atoms with Crippen molar-refractivity contribution in [1.29, 1.82) is 0 Å². The van der Waals surface area contributed by atoms with Gasteiger partial charge in [-0.25, -0.2) is 13.1 Å². The zero-order chi connectivity index (χ0) is 21.4. The molecule has 0 aliphatic rings. The molecule has 6 nitrogen and oxygen atoms in total. The van der Waals surface area contributed by atoms with E-state index in [0.717, 1.165) is 12.2 Å². The van der Waals surface area contributed by atoms with Gasteiger partial charge in [-0.15, -0.1) is 0 Å². The summed E-state index contributed by atoms with van der Waals surface area (Å²) in [6.07, 6.45) is 0.0434. The fourth-order valence-corrected chi connectivity index (χ4v) is 4.01. The average molecular weight is 424 g/mol. The van der Waals surface area contributed by atoms with Gasteiger partial charge in [0.05, 0.1) is 4.90 Å². The van der Waals surface area contributed by atoms with E-state index in [1.807, 2.05) is 49.5 Å². The Kier molecular flexibility index (Phi) is 7.21. The minimum Gasteiger partial charge on any atom is -0.370 e. The first-order valence-corrected chi connectivity index (χ1v) is 11.1. The highest BCUT2D eigenvalue weighted by Gasteiger charge is 2.13. The smallest absolute Gasteiger partial charge is 0.240 e. The summed E-state index contributed by atoms with van der Waals surface area (Å²) in [5, 5.41) is 2.79. The average Bonchev–Trinajstić information content (AvgIpc) is 2.75. The van der Waals surface area contributed by atoms with Crippen molar-refractivity contribution in [3.63, 3.8) is 0 Å². The molecule has 0 spiro atoms. The second kappa shape index (κ2) is 10.0. The van der Waals surface area contributed by atoms with Gasteiger partial charge in [0.2, 0.25) is 15.9 Å². The summed E-state index contributed by atoms with van der Waals surface area (Å²) in [4.78, 5) is 14.4. The van der Waals surface area contributed by atoms with Gasteiger partial charge < -0.3 is 10.2 Å². The van der Waals surface area contributed by atoms with Gasteiger partial charge in [0.15, 0.2) is 0 Å². The van der Waals surface area contributed by atoms with Crippen LogP contribution in [-0.2, 0) is 21.4 Å². The van der Waals surface area contributed by atoms with Gasteiger partial charge in [-0.2, -0.15) is 0 Å². The second-order valence-electron chi connectivity index (χ2n) is 6.90. The summed E-state index contributed by atoms with van der Waals surface area (Å²) in [7, 11) is -1.59. The van der Waals surface area contributed by atoms with Gasteiger partial charge in [0.1, 0.15) is 0 Å². The Morgan fingerprint density at radius 3 is 2.10 bits per heavy atom. The number of benzene rings is 3. The molecule has 0 radical (unpaired) electrons. The molecule has 0 fully saturated rings. The molecule has 0 saturated heterocycles. The number of carbonyl (C=O) groups is 1. The molecule has 1 amide bonds. The van der Waals surface area contributed by atoms with Crippen LogP contribution in [0, 0.1) is 0 Å². The molecule has 3 aromatic carbocycles.